The highest BCUT2D eigenvalue weighted by molar-refractivity contribution is 4.64. The van der Waals surface area contributed by atoms with Crippen LogP contribution in [0.3, 0.4) is 0 Å². The van der Waals surface area contributed by atoms with E-state index in [4.69, 9.17) is 0 Å². The van der Waals surface area contributed by atoms with Crippen LogP contribution in [0.25, 0.3) is 0 Å². The van der Waals surface area contributed by atoms with Crippen LogP contribution in [0.5, 0.6) is 0 Å². The van der Waals surface area contributed by atoms with Gasteiger partial charge in [-0.15, -0.1) is 0 Å². The van der Waals surface area contributed by atoms with Gasteiger partial charge in [-0.1, -0.05) is 0 Å². The molecule has 0 heterocycles. The summed E-state index contributed by atoms with van der Waals surface area (Å²) in [5, 5.41) is 9.99. The summed E-state index contributed by atoms with van der Waals surface area (Å²) in [4.78, 5) is 0. The molecule has 1 nitrogen and oxygen atoms in total. The number of hydrogen-bond acceptors (Lipinski definition) is 0. The van der Waals surface area contributed by atoms with E-state index < -0.39 is 5.60 Å². The van der Waals surface area contributed by atoms with Crippen molar-refractivity contribution in [1.82, 2.24) is 0 Å². The average molecular weight is 72.1 g/mol. The van der Waals surface area contributed by atoms with Crippen molar-refractivity contribution in [2.75, 3.05) is 0 Å². The Bertz CT molecular complexity index is 19.1. The van der Waals surface area contributed by atoms with Crippen molar-refractivity contribution < 1.29 is 5.11 Å². The van der Waals surface area contributed by atoms with E-state index in [-0.39, 0.29) is 0 Å². The van der Waals surface area contributed by atoms with Gasteiger partial charge in [0.25, 0.3) is 0 Å². The van der Waals surface area contributed by atoms with Gasteiger partial charge in [0.15, 0.2) is 0 Å². The van der Waals surface area contributed by atoms with Crippen molar-refractivity contribution in [2.24, 2.45) is 0 Å². The quantitative estimate of drug-likeness (QED) is 0.407. The first kappa shape index (κ1) is 4.96. The van der Waals surface area contributed by atoms with Gasteiger partial charge in [0.2, 0.25) is 0 Å². The molecule has 0 aromatic rings. The van der Waals surface area contributed by atoms with Crippen LogP contribution in [0.1, 0.15) is 13.8 Å². The third kappa shape index (κ3) is 9510. The maximum absolute atomic E-state index is 9.99. The van der Waals surface area contributed by atoms with Crippen molar-refractivity contribution in [2.45, 2.75) is 19.4 Å². The molecule has 0 unspecified atom stereocenters. The molecule has 30 valence electrons. The second-order valence-corrected chi connectivity index (χ2v) is 1.76. The van der Waals surface area contributed by atoms with Crippen LogP contribution in [0.2, 0.25) is 0 Å². The molecule has 0 aromatic heterocycles. The molecule has 0 saturated heterocycles. The third-order valence-electron chi connectivity index (χ3n) is 0. The van der Waals surface area contributed by atoms with Crippen LogP contribution in [0.4, 0.5) is 0 Å². The smallest absolute Gasteiger partial charge is 0.0981 e. The molecule has 0 aliphatic carbocycles. The zero-order chi connectivity index (χ0) is 4.50. The molecule has 5 heavy (non-hydrogen) atoms. The van der Waals surface area contributed by atoms with E-state index in [0.717, 1.165) is 0 Å². The maximum atomic E-state index is 9.99. The highest BCUT2D eigenvalue weighted by Crippen LogP contribution is 1.94. The summed E-state index contributed by atoms with van der Waals surface area (Å²) in [5.41, 5.74) is -1.00. The van der Waals surface area contributed by atoms with Crippen LogP contribution < -0.4 is 0 Å². The minimum absolute atomic E-state index is 1.00. The fourth-order valence-electron chi connectivity index (χ4n) is 0. The van der Waals surface area contributed by atoms with E-state index in [1.807, 2.05) is 0 Å². The van der Waals surface area contributed by atoms with Gasteiger partial charge in [0.05, 0.1) is 5.60 Å². The van der Waals surface area contributed by atoms with Crippen LogP contribution in [0, 0.1) is 6.92 Å². The van der Waals surface area contributed by atoms with Gasteiger partial charge in [0, 0.05) is 0 Å². The highest BCUT2D eigenvalue weighted by atomic mass is 16.3. The third-order valence-corrected chi connectivity index (χ3v) is 0. The Balaban J connectivity index is 3.02. The lowest BCUT2D eigenvalue weighted by atomic mass is 10.2. The minimum atomic E-state index is -1.00. The SMILES string of the molecule is [CH2]C(C)(C)[O]. The Morgan fingerprint density at radius 1 is 1.60 bits per heavy atom. The molecule has 0 aromatic carbocycles. The first-order chi connectivity index (χ1) is 2.00. The summed E-state index contributed by atoms with van der Waals surface area (Å²) in [6, 6.07) is 0. The van der Waals surface area contributed by atoms with Gasteiger partial charge in [-0.25, -0.2) is 5.11 Å². The molecule has 0 saturated carbocycles. The first-order valence-corrected chi connectivity index (χ1v) is 1.56. The lowest BCUT2D eigenvalue weighted by Crippen LogP contribution is -2.08. The van der Waals surface area contributed by atoms with Crippen molar-refractivity contribution in [3.63, 3.8) is 0 Å². The van der Waals surface area contributed by atoms with E-state index in [9.17, 15) is 5.11 Å². The molecule has 0 aliphatic heterocycles. The van der Waals surface area contributed by atoms with Crippen molar-refractivity contribution in [3.05, 3.63) is 6.92 Å². The molecule has 0 fully saturated rings. The van der Waals surface area contributed by atoms with Gasteiger partial charge in [-0.2, -0.15) is 0 Å². The maximum Gasteiger partial charge on any atom is 0.0981 e. The summed E-state index contributed by atoms with van der Waals surface area (Å²) >= 11 is 0. The van der Waals surface area contributed by atoms with Crippen LogP contribution >= 0.6 is 0 Å². The first-order valence-electron chi connectivity index (χ1n) is 1.56. The van der Waals surface area contributed by atoms with E-state index in [1.165, 1.54) is 13.8 Å². The van der Waals surface area contributed by atoms with E-state index in [1.54, 1.807) is 0 Å². The van der Waals surface area contributed by atoms with Crippen molar-refractivity contribution >= 4 is 0 Å². The van der Waals surface area contributed by atoms with Gasteiger partial charge in [-0.3, -0.25) is 0 Å². The monoisotopic (exact) mass is 72.1 g/mol. The zero-order valence-corrected chi connectivity index (χ0v) is 3.62. The summed E-state index contributed by atoms with van der Waals surface area (Å²) in [7, 11) is 0. The lowest BCUT2D eigenvalue weighted by Gasteiger charge is -1.99. The van der Waals surface area contributed by atoms with Gasteiger partial charge >= 0.3 is 0 Å². The predicted octanol–water partition coefficient (Wildman–Crippen LogP) is 1.03. The van der Waals surface area contributed by atoms with Gasteiger partial charge in [-0.05, 0) is 20.8 Å². The molecule has 0 aliphatic rings. The van der Waals surface area contributed by atoms with Crippen LogP contribution in [-0.2, 0) is 5.11 Å². The standard InChI is InChI=1S/C4H8O/c1-4(2,3)5/h1H2,2-3H3. The molecule has 0 N–H and O–H groups in total. The van der Waals surface area contributed by atoms with Gasteiger partial charge in [0.1, 0.15) is 0 Å². The Kier molecular flexibility index (Phi) is 0.969. The Labute approximate surface area is 32.6 Å². The Hall–Kier alpha value is -0.0400. The number of rotatable bonds is 0. The molecule has 0 amide bonds. The fourth-order valence-corrected chi connectivity index (χ4v) is 0. The molecule has 0 atom stereocenters. The summed E-state index contributed by atoms with van der Waals surface area (Å²) in [5.74, 6) is 0. The highest BCUT2D eigenvalue weighted by Gasteiger charge is 2.01. The largest absolute Gasteiger partial charge is 0.230 e. The Morgan fingerprint density at radius 2 is 1.60 bits per heavy atom. The fraction of sp³-hybridized carbons (Fsp3) is 0.750. The molecular formula is C4H8O. The van der Waals surface area contributed by atoms with Gasteiger partial charge < -0.3 is 0 Å². The summed E-state index contributed by atoms with van der Waals surface area (Å²) < 4.78 is 0. The van der Waals surface area contributed by atoms with Crippen molar-refractivity contribution in [3.8, 4) is 0 Å². The molecule has 0 bridgehead atoms. The van der Waals surface area contributed by atoms with E-state index in [2.05, 4.69) is 6.92 Å². The molecular weight excluding hydrogens is 64.0 g/mol. The second-order valence-electron chi connectivity index (χ2n) is 1.76. The van der Waals surface area contributed by atoms with E-state index >= 15 is 0 Å². The average Bonchev–Trinajstić information content (AvgIpc) is 0.722. The molecule has 0 rings (SSSR count). The molecule has 2 radical (unpaired) electrons. The predicted molar refractivity (Wildman–Crippen MR) is 20.1 cm³/mol. The zero-order valence-electron chi connectivity index (χ0n) is 3.62. The summed E-state index contributed by atoms with van der Waals surface area (Å²) in [6.45, 7) is 6.26. The topological polar surface area (TPSA) is 19.9 Å². The normalized spacial score (nSPS) is 12.0. The van der Waals surface area contributed by atoms with Crippen molar-refractivity contribution in [1.29, 1.82) is 0 Å². The lowest BCUT2D eigenvalue weighted by molar-refractivity contribution is 0.0463. The molecule has 1 heteroatoms. The molecule has 0 spiro atoms. The Morgan fingerprint density at radius 3 is 1.60 bits per heavy atom. The van der Waals surface area contributed by atoms with Crippen LogP contribution in [0.15, 0.2) is 0 Å². The number of hydrogen-bond donors (Lipinski definition) is 0. The second kappa shape index (κ2) is 0.977. The van der Waals surface area contributed by atoms with E-state index in [0.29, 0.717) is 0 Å². The summed E-state index contributed by atoms with van der Waals surface area (Å²) in [6.07, 6.45) is 0. The van der Waals surface area contributed by atoms with Crippen LogP contribution in [-0.4, -0.2) is 5.60 Å². The minimum Gasteiger partial charge on any atom is -0.230 e.